The Morgan fingerprint density at radius 3 is 2.15 bits per heavy atom. The second kappa shape index (κ2) is 6.35. The molecule has 3 heteroatoms. The van der Waals surface area contributed by atoms with Crippen LogP contribution in [0.5, 0.6) is 0 Å². The van der Waals surface area contributed by atoms with Gasteiger partial charge < -0.3 is 10.6 Å². The number of aryl methyl sites for hydroxylation is 1. The molecule has 2 rings (SSSR count). The molecule has 1 amide bonds. The highest BCUT2D eigenvalue weighted by Crippen LogP contribution is 2.18. The summed E-state index contributed by atoms with van der Waals surface area (Å²) in [4.78, 5) is 14.3. The van der Waals surface area contributed by atoms with E-state index < -0.39 is 0 Å². The molecule has 0 saturated carbocycles. The first-order chi connectivity index (χ1) is 9.65. The molecule has 0 aromatic heterocycles. The molecule has 3 nitrogen and oxygen atoms in total. The van der Waals surface area contributed by atoms with Crippen LogP contribution in [-0.4, -0.2) is 12.5 Å². The van der Waals surface area contributed by atoms with Crippen molar-refractivity contribution in [3.8, 4) is 0 Å². The van der Waals surface area contributed by atoms with Crippen LogP contribution in [0.4, 0.5) is 5.69 Å². The smallest absolute Gasteiger partial charge is 0.258 e. The van der Waals surface area contributed by atoms with Crippen molar-refractivity contribution >= 4 is 11.6 Å². The quantitative estimate of drug-likeness (QED) is 0.926. The van der Waals surface area contributed by atoms with Gasteiger partial charge in [-0.25, -0.2) is 0 Å². The monoisotopic (exact) mass is 268 g/mol. The van der Waals surface area contributed by atoms with Gasteiger partial charge in [-0.3, -0.25) is 4.79 Å². The molecule has 2 aromatic rings. The van der Waals surface area contributed by atoms with Crippen molar-refractivity contribution < 1.29 is 4.79 Å². The maximum absolute atomic E-state index is 12.5. The van der Waals surface area contributed by atoms with Gasteiger partial charge in [0.05, 0.1) is 0 Å². The van der Waals surface area contributed by atoms with Crippen molar-refractivity contribution in [3.05, 3.63) is 65.2 Å². The predicted molar refractivity (Wildman–Crippen MR) is 82.9 cm³/mol. The highest BCUT2D eigenvalue weighted by molar-refractivity contribution is 6.06. The summed E-state index contributed by atoms with van der Waals surface area (Å²) in [7, 11) is 0. The molecule has 0 unspecified atom stereocenters. The fourth-order valence-electron chi connectivity index (χ4n) is 2.11. The summed E-state index contributed by atoms with van der Waals surface area (Å²) >= 11 is 0. The second-order valence-corrected chi connectivity index (χ2v) is 4.79. The maximum atomic E-state index is 12.5. The molecule has 0 spiro atoms. The third-order valence-electron chi connectivity index (χ3n) is 3.34. The summed E-state index contributed by atoms with van der Waals surface area (Å²) < 4.78 is 0. The topological polar surface area (TPSA) is 46.3 Å². The molecule has 0 bridgehead atoms. The molecule has 0 radical (unpaired) electrons. The number of nitrogens with two attached hydrogens (primary N) is 1. The predicted octanol–water partition coefficient (Wildman–Crippen LogP) is 3.12. The molecule has 0 atom stereocenters. The van der Waals surface area contributed by atoms with Crippen LogP contribution >= 0.6 is 0 Å². The fourth-order valence-corrected chi connectivity index (χ4v) is 2.11. The Bertz CT molecular complexity index is 573. The number of hydrogen-bond acceptors (Lipinski definition) is 2. The lowest BCUT2D eigenvalue weighted by molar-refractivity contribution is 0.0988. The molecule has 2 N–H and O–H groups in total. The van der Waals surface area contributed by atoms with Crippen LogP contribution in [0.1, 0.15) is 28.4 Å². The zero-order valence-corrected chi connectivity index (χ0v) is 12.0. The minimum atomic E-state index is 0.0213. The van der Waals surface area contributed by atoms with Crippen molar-refractivity contribution in [3.63, 3.8) is 0 Å². The van der Waals surface area contributed by atoms with Gasteiger partial charge in [0, 0.05) is 24.3 Å². The molecular weight excluding hydrogens is 248 g/mol. The number of benzene rings is 2. The Morgan fingerprint density at radius 1 is 1.05 bits per heavy atom. The van der Waals surface area contributed by atoms with E-state index in [0.29, 0.717) is 18.7 Å². The van der Waals surface area contributed by atoms with Crippen molar-refractivity contribution in [2.75, 3.05) is 11.4 Å². The molecule has 0 aliphatic rings. The molecule has 0 fully saturated rings. The van der Waals surface area contributed by atoms with E-state index in [2.05, 4.69) is 0 Å². The second-order valence-electron chi connectivity index (χ2n) is 4.79. The van der Waals surface area contributed by atoms with Crippen molar-refractivity contribution in [1.29, 1.82) is 0 Å². The number of carbonyl (C=O) groups excluding carboxylic acids is 1. The Hall–Kier alpha value is -2.13. The van der Waals surface area contributed by atoms with Crippen LogP contribution in [-0.2, 0) is 6.54 Å². The molecule has 0 heterocycles. The Balaban J connectivity index is 2.26. The minimum absolute atomic E-state index is 0.0213. The van der Waals surface area contributed by atoms with Gasteiger partial charge in [-0.15, -0.1) is 0 Å². The summed E-state index contributed by atoms with van der Waals surface area (Å²) in [5.74, 6) is 0.0213. The lowest BCUT2D eigenvalue weighted by Crippen LogP contribution is -2.30. The van der Waals surface area contributed by atoms with E-state index in [1.165, 1.54) is 0 Å². The lowest BCUT2D eigenvalue weighted by Gasteiger charge is -2.21. The first-order valence-electron chi connectivity index (χ1n) is 6.83. The summed E-state index contributed by atoms with van der Waals surface area (Å²) in [6.07, 6.45) is 0. The molecule has 0 aliphatic carbocycles. The van der Waals surface area contributed by atoms with Crippen LogP contribution in [0.25, 0.3) is 0 Å². The van der Waals surface area contributed by atoms with Gasteiger partial charge in [0.1, 0.15) is 0 Å². The van der Waals surface area contributed by atoms with Gasteiger partial charge in [-0.1, -0.05) is 29.8 Å². The van der Waals surface area contributed by atoms with Gasteiger partial charge in [0.2, 0.25) is 0 Å². The minimum Gasteiger partial charge on any atom is -0.326 e. The van der Waals surface area contributed by atoms with Gasteiger partial charge in [0.15, 0.2) is 0 Å². The van der Waals surface area contributed by atoms with Crippen LogP contribution in [0.15, 0.2) is 48.5 Å². The Labute approximate surface area is 120 Å². The Morgan fingerprint density at radius 2 is 1.65 bits per heavy atom. The third kappa shape index (κ3) is 3.06. The summed E-state index contributed by atoms with van der Waals surface area (Å²) in [6, 6.07) is 15.5. The standard InChI is InChI=1S/C17H20N2O/c1-3-19(16-10-6-14(12-18)7-11-16)17(20)15-8-4-13(2)5-9-15/h4-11H,3,12,18H2,1-2H3. The van der Waals surface area contributed by atoms with Gasteiger partial charge in [-0.05, 0) is 43.7 Å². The first kappa shape index (κ1) is 14.3. The number of amides is 1. The van der Waals surface area contributed by atoms with E-state index in [1.54, 1.807) is 4.90 Å². The van der Waals surface area contributed by atoms with E-state index in [9.17, 15) is 4.79 Å². The first-order valence-corrected chi connectivity index (χ1v) is 6.83. The molecule has 0 aliphatic heterocycles. The van der Waals surface area contributed by atoms with E-state index in [4.69, 9.17) is 5.73 Å². The van der Waals surface area contributed by atoms with Crippen molar-refractivity contribution in [2.45, 2.75) is 20.4 Å². The van der Waals surface area contributed by atoms with Crippen LogP contribution in [0.2, 0.25) is 0 Å². The van der Waals surface area contributed by atoms with E-state index >= 15 is 0 Å². The number of nitrogens with zero attached hydrogens (tertiary/aromatic N) is 1. The number of hydrogen-bond donors (Lipinski definition) is 1. The van der Waals surface area contributed by atoms with E-state index in [0.717, 1.165) is 16.8 Å². The summed E-state index contributed by atoms with van der Waals surface area (Å²) in [5.41, 5.74) is 9.41. The summed E-state index contributed by atoms with van der Waals surface area (Å²) in [5, 5.41) is 0. The van der Waals surface area contributed by atoms with Gasteiger partial charge in [0.25, 0.3) is 5.91 Å². The SMILES string of the molecule is CCN(C(=O)c1ccc(C)cc1)c1ccc(CN)cc1. The highest BCUT2D eigenvalue weighted by Gasteiger charge is 2.15. The van der Waals surface area contributed by atoms with Gasteiger partial charge in [-0.2, -0.15) is 0 Å². The number of rotatable bonds is 4. The lowest BCUT2D eigenvalue weighted by atomic mass is 10.1. The largest absolute Gasteiger partial charge is 0.326 e. The van der Waals surface area contributed by atoms with E-state index in [1.807, 2.05) is 62.4 Å². The normalized spacial score (nSPS) is 10.3. The highest BCUT2D eigenvalue weighted by atomic mass is 16.2. The Kier molecular flexibility index (Phi) is 4.53. The molecule has 0 saturated heterocycles. The van der Waals surface area contributed by atoms with Crippen molar-refractivity contribution in [1.82, 2.24) is 0 Å². The maximum Gasteiger partial charge on any atom is 0.258 e. The van der Waals surface area contributed by atoms with E-state index in [-0.39, 0.29) is 5.91 Å². The number of carbonyl (C=O) groups is 1. The molecule has 2 aromatic carbocycles. The van der Waals surface area contributed by atoms with Crippen LogP contribution in [0.3, 0.4) is 0 Å². The van der Waals surface area contributed by atoms with Gasteiger partial charge >= 0.3 is 0 Å². The fraction of sp³-hybridized carbons (Fsp3) is 0.235. The summed E-state index contributed by atoms with van der Waals surface area (Å²) in [6.45, 7) is 5.13. The van der Waals surface area contributed by atoms with Crippen molar-refractivity contribution in [2.24, 2.45) is 5.73 Å². The zero-order valence-electron chi connectivity index (χ0n) is 12.0. The average Bonchev–Trinajstić information content (AvgIpc) is 2.49. The molecular formula is C17H20N2O. The zero-order chi connectivity index (χ0) is 14.5. The third-order valence-corrected chi connectivity index (χ3v) is 3.34. The molecule has 104 valence electrons. The van der Waals surface area contributed by atoms with Crippen LogP contribution in [0, 0.1) is 6.92 Å². The molecule has 20 heavy (non-hydrogen) atoms. The number of anilines is 1. The average molecular weight is 268 g/mol. The van der Waals surface area contributed by atoms with Crippen LogP contribution < -0.4 is 10.6 Å².